The fourth-order valence-corrected chi connectivity index (χ4v) is 2.43. The van der Waals surface area contributed by atoms with Crippen LogP contribution >= 0.6 is 0 Å². The molecule has 0 aliphatic carbocycles. The lowest BCUT2D eigenvalue weighted by Gasteiger charge is -2.27. The van der Waals surface area contributed by atoms with Gasteiger partial charge in [-0.25, -0.2) is 0 Å². The first-order valence-corrected chi connectivity index (χ1v) is 8.81. The van der Waals surface area contributed by atoms with Gasteiger partial charge in [0.15, 0.2) is 0 Å². The molecular formula is C15H30N6O6. The summed E-state index contributed by atoms with van der Waals surface area (Å²) < 4.78 is 0. The van der Waals surface area contributed by atoms with E-state index >= 15 is 0 Å². The second kappa shape index (κ2) is 13.4. The zero-order chi connectivity index (χ0) is 20.1. The van der Waals surface area contributed by atoms with Gasteiger partial charge in [-0.2, -0.15) is 15.0 Å². The molecule has 27 heavy (non-hydrogen) atoms. The van der Waals surface area contributed by atoms with Gasteiger partial charge < -0.3 is 45.3 Å². The van der Waals surface area contributed by atoms with Crippen LogP contribution in [0.5, 0.6) is 0 Å². The summed E-state index contributed by atoms with van der Waals surface area (Å²) >= 11 is 0. The Morgan fingerprint density at radius 1 is 0.407 bits per heavy atom. The van der Waals surface area contributed by atoms with E-state index in [1.165, 1.54) is 0 Å². The first kappa shape index (κ1) is 23.2. The molecule has 0 aromatic carbocycles. The van der Waals surface area contributed by atoms with Gasteiger partial charge in [-0.1, -0.05) is 0 Å². The summed E-state index contributed by atoms with van der Waals surface area (Å²) in [5.74, 6) is 0.583. The van der Waals surface area contributed by atoms with Gasteiger partial charge in [0.25, 0.3) is 0 Å². The monoisotopic (exact) mass is 390 g/mol. The number of hydrogen-bond donors (Lipinski definition) is 6. The van der Waals surface area contributed by atoms with Gasteiger partial charge in [0.1, 0.15) is 0 Å². The summed E-state index contributed by atoms with van der Waals surface area (Å²) in [6, 6.07) is 0. The lowest BCUT2D eigenvalue weighted by molar-refractivity contribution is 0.278. The van der Waals surface area contributed by atoms with E-state index in [2.05, 4.69) is 15.0 Å². The van der Waals surface area contributed by atoms with Crippen molar-refractivity contribution >= 4 is 17.8 Å². The molecule has 0 unspecified atom stereocenters. The fraction of sp³-hybridized carbons (Fsp3) is 0.800. The highest BCUT2D eigenvalue weighted by molar-refractivity contribution is 5.46. The number of hydrogen-bond acceptors (Lipinski definition) is 12. The predicted molar refractivity (Wildman–Crippen MR) is 99.0 cm³/mol. The van der Waals surface area contributed by atoms with Crippen molar-refractivity contribution in [2.45, 2.75) is 0 Å². The standard InChI is InChI=1S/C15H30N6O6/c22-7-1-19(2-8-23)13-16-14(20(3-9-24)4-10-25)18-15(17-13)21(5-11-26)6-12-27/h22-27H,1-12H2. The lowest BCUT2D eigenvalue weighted by Crippen LogP contribution is -2.37. The Morgan fingerprint density at radius 3 is 0.741 bits per heavy atom. The quantitative estimate of drug-likeness (QED) is 0.173. The SMILES string of the molecule is OCCN(CCO)c1nc(N(CCO)CCO)nc(N(CCO)CCO)n1. The van der Waals surface area contributed by atoms with Crippen LogP contribution in [0.1, 0.15) is 0 Å². The molecule has 0 atom stereocenters. The molecule has 156 valence electrons. The van der Waals surface area contributed by atoms with Crippen molar-refractivity contribution in [1.29, 1.82) is 0 Å². The minimum atomic E-state index is -0.176. The Balaban J connectivity index is 3.38. The van der Waals surface area contributed by atoms with E-state index < -0.39 is 0 Å². The zero-order valence-corrected chi connectivity index (χ0v) is 15.4. The van der Waals surface area contributed by atoms with E-state index in [1.807, 2.05) is 0 Å². The van der Waals surface area contributed by atoms with E-state index in [0.717, 1.165) is 0 Å². The maximum Gasteiger partial charge on any atom is 0.232 e. The number of aromatic nitrogens is 3. The van der Waals surface area contributed by atoms with Crippen molar-refractivity contribution in [3.05, 3.63) is 0 Å². The number of nitrogens with zero attached hydrogens (tertiary/aromatic N) is 6. The molecule has 1 aromatic rings. The minimum Gasteiger partial charge on any atom is -0.395 e. The Labute approximate surface area is 158 Å². The van der Waals surface area contributed by atoms with E-state index in [1.54, 1.807) is 14.7 Å². The molecule has 1 aromatic heterocycles. The van der Waals surface area contributed by atoms with Crippen molar-refractivity contribution in [2.24, 2.45) is 0 Å². The van der Waals surface area contributed by atoms with E-state index in [0.29, 0.717) is 0 Å². The number of aliphatic hydroxyl groups excluding tert-OH is 6. The Morgan fingerprint density at radius 2 is 0.593 bits per heavy atom. The second-order valence-electron chi connectivity index (χ2n) is 5.54. The minimum absolute atomic E-state index is 0.176. The molecule has 12 nitrogen and oxygen atoms in total. The Bertz CT molecular complexity index is 424. The Kier molecular flexibility index (Phi) is 11.5. The maximum atomic E-state index is 9.27. The summed E-state index contributed by atoms with van der Waals surface area (Å²) in [6.07, 6.45) is 0. The van der Waals surface area contributed by atoms with Crippen LogP contribution < -0.4 is 14.7 Å². The molecular weight excluding hydrogens is 360 g/mol. The molecule has 1 heterocycles. The number of anilines is 3. The van der Waals surface area contributed by atoms with Gasteiger partial charge in [-0.05, 0) is 0 Å². The highest BCUT2D eigenvalue weighted by atomic mass is 16.3. The van der Waals surface area contributed by atoms with Crippen LogP contribution in [0, 0.1) is 0 Å². The van der Waals surface area contributed by atoms with E-state index in [4.69, 9.17) is 0 Å². The zero-order valence-electron chi connectivity index (χ0n) is 15.4. The molecule has 0 saturated heterocycles. The predicted octanol–water partition coefficient (Wildman–Crippen LogP) is -3.76. The van der Waals surface area contributed by atoms with Gasteiger partial charge in [-0.15, -0.1) is 0 Å². The van der Waals surface area contributed by atoms with E-state index in [9.17, 15) is 30.6 Å². The Hall–Kier alpha value is -1.83. The molecule has 1 rings (SSSR count). The van der Waals surface area contributed by atoms with Gasteiger partial charge in [0, 0.05) is 39.3 Å². The van der Waals surface area contributed by atoms with Crippen LogP contribution in [0.3, 0.4) is 0 Å². The van der Waals surface area contributed by atoms with Gasteiger partial charge in [0.05, 0.1) is 39.6 Å². The number of aliphatic hydroxyl groups is 6. The van der Waals surface area contributed by atoms with Crippen molar-refractivity contribution in [3.8, 4) is 0 Å². The highest BCUT2D eigenvalue weighted by Crippen LogP contribution is 2.19. The third-order valence-corrected chi connectivity index (χ3v) is 3.67. The molecule has 12 heteroatoms. The first-order valence-electron chi connectivity index (χ1n) is 8.81. The van der Waals surface area contributed by atoms with Crippen LogP contribution in [-0.4, -0.2) is 125 Å². The molecule has 0 aliphatic rings. The fourth-order valence-electron chi connectivity index (χ4n) is 2.43. The summed E-state index contributed by atoms with van der Waals surface area (Å²) in [6.45, 7) is 0.0464. The van der Waals surface area contributed by atoms with Crippen LogP contribution in [0.25, 0.3) is 0 Å². The highest BCUT2D eigenvalue weighted by Gasteiger charge is 2.19. The van der Waals surface area contributed by atoms with Crippen molar-refractivity contribution < 1.29 is 30.6 Å². The summed E-state index contributed by atoms with van der Waals surface area (Å²) in [4.78, 5) is 17.7. The number of rotatable bonds is 15. The maximum absolute atomic E-state index is 9.27. The molecule has 0 amide bonds. The van der Waals surface area contributed by atoms with Crippen LogP contribution in [0.4, 0.5) is 17.8 Å². The average Bonchev–Trinajstić information content (AvgIpc) is 2.67. The third kappa shape index (κ3) is 7.36. The summed E-state index contributed by atoms with van der Waals surface area (Å²) in [5, 5.41) is 55.6. The molecule has 6 N–H and O–H groups in total. The van der Waals surface area contributed by atoms with E-state index in [-0.39, 0.29) is 96.8 Å². The summed E-state index contributed by atoms with van der Waals surface area (Å²) in [7, 11) is 0. The normalized spacial score (nSPS) is 10.9. The smallest absolute Gasteiger partial charge is 0.232 e. The first-order chi connectivity index (χ1) is 13.1. The summed E-state index contributed by atoms with van der Waals surface area (Å²) in [5.41, 5.74) is 0. The lowest BCUT2D eigenvalue weighted by atomic mass is 10.4. The van der Waals surface area contributed by atoms with Crippen LogP contribution in [0.2, 0.25) is 0 Å². The third-order valence-electron chi connectivity index (χ3n) is 3.67. The average molecular weight is 390 g/mol. The van der Waals surface area contributed by atoms with Crippen molar-refractivity contribution in [3.63, 3.8) is 0 Å². The van der Waals surface area contributed by atoms with Crippen LogP contribution in [0.15, 0.2) is 0 Å². The van der Waals surface area contributed by atoms with Gasteiger partial charge >= 0.3 is 0 Å². The van der Waals surface area contributed by atoms with Gasteiger partial charge in [-0.3, -0.25) is 0 Å². The second-order valence-corrected chi connectivity index (χ2v) is 5.54. The molecule has 0 saturated carbocycles. The topological polar surface area (TPSA) is 170 Å². The molecule has 0 aliphatic heterocycles. The van der Waals surface area contributed by atoms with Crippen molar-refractivity contribution in [2.75, 3.05) is 93.6 Å². The molecule has 0 spiro atoms. The largest absolute Gasteiger partial charge is 0.395 e. The molecule has 0 fully saturated rings. The molecule has 0 radical (unpaired) electrons. The van der Waals surface area contributed by atoms with Crippen LogP contribution in [-0.2, 0) is 0 Å². The van der Waals surface area contributed by atoms with Crippen molar-refractivity contribution in [1.82, 2.24) is 15.0 Å². The van der Waals surface area contributed by atoms with Gasteiger partial charge in [0.2, 0.25) is 17.8 Å². The molecule has 0 bridgehead atoms.